The molecule has 1 saturated heterocycles. The fourth-order valence-corrected chi connectivity index (χ4v) is 7.84. The monoisotopic (exact) mass is 582 g/mol. The minimum absolute atomic E-state index is 0.274. The number of nitrogens with zero attached hydrogens (tertiary/aromatic N) is 2. The number of esters is 1. The van der Waals surface area contributed by atoms with E-state index >= 15 is 0 Å². The van der Waals surface area contributed by atoms with E-state index in [1.54, 1.807) is 18.0 Å². The number of ether oxygens (including phenoxy) is 2. The van der Waals surface area contributed by atoms with E-state index in [1.165, 1.54) is 24.3 Å². The summed E-state index contributed by atoms with van der Waals surface area (Å²) in [5.74, 6) is 0.0183. The van der Waals surface area contributed by atoms with Crippen molar-refractivity contribution < 1.29 is 37.3 Å². The van der Waals surface area contributed by atoms with Gasteiger partial charge in [-0.25, -0.2) is 4.79 Å². The zero-order chi connectivity index (χ0) is 29.8. The van der Waals surface area contributed by atoms with Gasteiger partial charge in [0.1, 0.15) is 12.7 Å². The molecule has 6 rings (SSSR count). The molecule has 2 aliphatic carbocycles. The largest absolute Gasteiger partial charge is 0.483 e. The maximum atomic E-state index is 13.4. The molecule has 2 aliphatic heterocycles. The number of carbonyl (C=O) groups excluding carboxylic acids is 2. The van der Waals surface area contributed by atoms with Crippen LogP contribution in [-0.4, -0.2) is 71.7 Å². The third kappa shape index (κ3) is 4.52. The highest BCUT2D eigenvalue weighted by molar-refractivity contribution is 5.92. The highest BCUT2D eigenvalue weighted by Crippen LogP contribution is 2.64. The molecule has 2 unspecified atom stereocenters. The first kappa shape index (κ1) is 28.5. The van der Waals surface area contributed by atoms with Crippen molar-refractivity contribution in [3.63, 3.8) is 0 Å². The van der Waals surface area contributed by atoms with Gasteiger partial charge in [-0.1, -0.05) is 24.3 Å². The Balaban J connectivity index is 1.32. The molecule has 2 bridgehead atoms. The number of carbonyl (C=O) groups is 2. The van der Waals surface area contributed by atoms with Crippen molar-refractivity contribution in [2.75, 3.05) is 26.7 Å². The van der Waals surface area contributed by atoms with Crippen LogP contribution in [-0.2, 0) is 27.6 Å². The van der Waals surface area contributed by atoms with Crippen LogP contribution in [0.25, 0.3) is 6.08 Å². The van der Waals surface area contributed by atoms with Crippen LogP contribution in [0.5, 0.6) is 11.5 Å². The number of amides is 1. The van der Waals surface area contributed by atoms with E-state index in [1.807, 2.05) is 12.1 Å². The minimum atomic E-state index is -4.43. The lowest BCUT2D eigenvalue weighted by Gasteiger charge is -2.60. The summed E-state index contributed by atoms with van der Waals surface area (Å²) in [6.45, 7) is 4.82. The minimum Gasteiger partial charge on any atom is -0.483 e. The molecule has 2 aromatic rings. The summed E-state index contributed by atoms with van der Waals surface area (Å²) in [7, 11) is 1.73. The van der Waals surface area contributed by atoms with Gasteiger partial charge in [0.05, 0.1) is 11.6 Å². The molecule has 2 aromatic carbocycles. The Hall–Kier alpha value is -3.63. The number of likely N-dealkylation sites (N-methyl/N-ethyl adjacent to an activating group) is 1. The highest BCUT2D eigenvalue weighted by Gasteiger charge is 2.66. The van der Waals surface area contributed by atoms with Crippen LogP contribution in [0.4, 0.5) is 13.2 Å². The van der Waals surface area contributed by atoms with Crippen molar-refractivity contribution >= 4 is 18.0 Å². The summed E-state index contributed by atoms with van der Waals surface area (Å²) in [4.78, 5) is 29.6. The second-order valence-corrected chi connectivity index (χ2v) is 11.6. The average Bonchev–Trinajstić information content (AvgIpc) is 3.32. The Morgan fingerprint density at radius 1 is 1.21 bits per heavy atom. The fourth-order valence-electron chi connectivity index (χ4n) is 7.84. The van der Waals surface area contributed by atoms with Gasteiger partial charge in [0, 0.05) is 36.7 Å². The van der Waals surface area contributed by atoms with Gasteiger partial charge in [-0.15, -0.1) is 6.58 Å². The zero-order valence-electron chi connectivity index (χ0n) is 23.3. The van der Waals surface area contributed by atoms with E-state index in [4.69, 9.17) is 9.47 Å². The van der Waals surface area contributed by atoms with Crippen molar-refractivity contribution in [2.45, 2.75) is 55.5 Å². The van der Waals surface area contributed by atoms with E-state index in [0.717, 1.165) is 55.6 Å². The molecule has 42 heavy (non-hydrogen) atoms. The van der Waals surface area contributed by atoms with E-state index in [9.17, 15) is 27.9 Å². The molecule has 0 aromatic heterocycles. The smallest absolute Gasteiger partial charge is 0.416 e. The van der Waals surface area contributed by atoms with Gasteiger partial charge < -0.3 is 19.5 Å². The zero-order valence-corrected chi connectivity index (χ0v) is 23.3. The predicted octanol–water partition coefficient (Wildman–Crippen LogP) is 4.37. The van der Waals surface area contributed by atoms with Gasteiger partial charge in [0.25, 0.3) is 0 Å². The molecule has 10 heteroatoms. The number of hydrogen-bond donors (Lipinski definition) is 1. The van der Waals surface area contributed by atoms with Crippen molar-refractivity contribution in [3.05, 3.63) is 77.4 Å². The van der Waals surface area contributed by atoms with E-state index in [-0.39, 0.29) is 41.2 Å². The molecular formula is C32H33F3N2O5. The van der Waals surface area contributed by atoms with Crippen LogP contribution >= 0.6 is 0 Å². The molecule has 7 nitrogen and oxygen atoms in total. The van der Waals surface area contributed by atoms with Crippen LogP contribution in [0.1, 0.15) is 41.5 Å². The standard InChI is InChI=1S/C32H33F3N2O5/c1-3-15-37-16-14-31-22-10-11-23(36(2)26(39)13-6-19-4-8-21(9-5-19)32(33,34)35)30(31)42-29-25(41-27(40)18-38)12-7-20(28(29)31)17-24(22)37/h3-9,12-13,22-24,30,38H,1,10-11,14-18H2,2H3/b13-6+/t22-,23?,24+,30?,31-/m0/s1. The summed E-state index contributed by atoms with van der Waals surface area (Å²) in [5, 5.41) is 9.31. The number of benzene rings is 2. The van der Waals surface area contributed by atoms with Crippen LogP contribution in [0, 0.1) is 5.92 Å². The Morgan fingerprint density at radius 3 is 2.67 bits per heavy atom. The lowest BCUT2D eigenvalue weighted by Crippen LogP contribution is -2.68. The Bertz CT molecular complexity index is 1440. The number of likely N-dealkylation sites (tertiary alicyclic amines) is 1. The SMILES string of the molecule is C=CCN1CC[C@]23c4c5ccc(OC(=O)CO)c4OC2C(N(C)C(=O)/C=C/c2ccc(C(F)(F)F)cc2)CC[C@H]3[C@H]1C5. The molecule has 1 amide bonds. The van der Waals surface area contributed by atoms with Crippen LogP contribution in [0.3, 0.4) is 0 Å². The van der Waals surface area contributed by atoms with E-state index in [0.29, 0.717) is 17.7 Å². The number of alkyl halides is 3. The summed E-state index contributed by atoms with van der Waals surface area (Å²) >= 11 is 0. The van der Waals surface area contributed by atoms with Crippen molar-refractivity contribution in [1.82, 2.24) is 9.80 Å². The molecule has 2 fully saturated rings. The van der Waals surface area contributed by atoms with Crippen molar-refractivity contribution in [1.29, 1.82) is 0 Å². The van der Waals surface area contributed by atoms with Crippen molar-refractivity contribution in [2.24, 2.45) is 5.92 Å². The summed E-state index contributed by atoms with van der Waals surface area (Å²) in [5.41, 5.74) is 1.57. The van der Waals surface area contributed by atoms with Gasteiger partial charge in [-0.3, -0.25) is 9.69 Å². The van der Waals surface area contributed by atoms with Crippen molar-refractivity contribution in [3.8, 4) is 11.5 Å². The molecular weight excluding hydrogens is 549 g/mol. The molecule has 1 saturated carbocycles. The molecule has 4 aliphatic rings. The topological polar surface area (TPSA) is 79.3 Å². The molecule has 1 spiro atoms. The first-order chi connectivity index (χ1) is 20.1. The summed E-state index contributed by atoms with van der Waals surface area (Å²) in [6.07, 6.45) is 3.26. The maximum Gasteiger partial charge on any atom is 0.416 e. The predicted molar refractivity (Wildman–Crippen MR) is 149 cm³/mol. The summed E-state index contributed by atoms with van der Waals surface area (Å²) < 4.78 is 51.0. The maximum absolute atomic E-state index is 13.4. The number of aliphatic hydroxyl groups excluding tert-OH is 1. The first-order valence-electron chi connectivity index (χ1n) is 14.2. The van der Waals surface area contributed by atoms with Gasteiger partial charge in [-0.2, -0.15) is 13.2 Å². The molecule has 5 atom stereocenters. The quantitative estimate of drug-likeness (QED) is 0.226. The van der Waals surface area contributed by atoms with Crippen LogP contribution < -0.4 is 9.47 Å². The van der Waals surface area contributed by atoms with Gasteiger partial charge in [0.15, 0.2) is 11.5 Å². The number of piperidine rings is 1. The summed E-state index contributed by atoms with van der Waals surface area (Å²) in [6, 6.07) is 8.38. The molecule has 1 N–H and O–H groups in total. The molecule has 2 heterocycles. The number of aliphatic hydroxyl groups is 1. The average molecular weight is 583 g/mol. The second kappa shape index (κ2) is 10.6. The van der Waals surface area contributed by atoms with E-state index < -0.39 is 24.3 Å². The lowest BCUT2D eigenvalue weighted by atomic mass is 9.51. The third-order valence-electron chi connectivity index (χ3n) is 9.60. The van der Waals surface area contributed by atoms with Gasteiger partial charge >= 0.3 is 12.1 Å². The number of halogens is 3. The Morgan fingerprint density at radius 2 is 1.98 bits per heavy atom. The fraction of sp³-hybridized carbons (Fsp3) is 0.438. The second-order valence-electron chi connectivity index (χ2n) is 11.6. The third-order valence-corrected chi connectivity index (χ3v) is 9.60. The highest BCUT2D eigenvalue weighted by atomic mass is 19.4. The number of rotatable bonds is 7. The van der Waals surface area contributed by atoms with Crippen LogP contribution in [0.2, 0.25) is 0 Å². The normalized spacial score (nSPS) is 27.7. The Labute approximate surface area is 242 Å². The van der Waals surface area contributed by atoms with Gasteiger partial charge in [0.2, 0.25) is 5.91 Å². The number of hydrogen-bond acceptors (Lipinski definition) is 6. The first-order valence-corrected chi connectivity index (χ1v) is 14.2. The van der Waals surface area contributed by atoms with Crippen LogP contribution in [0.15, 0.2) is 55.1 Å². The van der Waals surface area contributed by atoms with Gasteiger partial charge in [-0.05, 0) is 73.5 Å². The molecule has 0 radical (unpaired) electrons. The van der Waals surface area contributed by atoms with E-state index in [2.05, 4.69) is 11.5 Å². The Kier molecular flexibility index (Phi) is 7.17. The lowest BCUT2D eigenvalue weighted by molar-refractivity contribution is -0.138. The molecule has 222 valence electrons.